The fourth-order valence-electron chi connectivity index (χ4n) is 0.113. The fourth-order valence-corrected chi connectivity index (χ4v) is 0.113. The molecule has 0 fully saturated rings. The van der Waals surface area contributed by atoms with E-state index >= 15 is 0 Å². The van der Waals surface area contributed by atoms with Crippen molar-refractivity contribution in [2.24, 2.45) is 10.4 Å². The molecule has 0 bridgehead atoms. The van der Waals surface area contributed by atoms with Crippen LogP contribution in [0.15, 0.2) is 10.4 Å². The van der Waals surface area contributed by atoms with Gasteiger partial charge in [0, 0.05) is 0 Å². The number of nitrogens with zero attached hydrogens (tertiary/aromatic N) is 4. The van der Waals surface area contributed by atoms with Crippen molar-refractivity contribution in [1.82, 2.24) is 10.9 Å². The number of hydrogen-bond donors (Lipinski definition) is 2. The van der Waals surface area contributed by atoms with Crippen LogP contribution in [-0.4, -0.2) is 23.7 Å². The van der Waals surface area contributed by atoms with Crippen LogP contribution in [-0.2, 0) is 0 Å². The molecule has 0 aliphatic carbocycles. The van der Waals surface area contributed by atoms with Crippen molar-refractivity contribution >= 4 is 0 Å². The average Bonchev–Trinajstić information content (AvgIpc) is 1.81. The minimum atomic E-state index is -0.412. The molecular formula is C2H6N4O2. The van der Waals surface area contributed by atoms with Gasteiger partial charge in [-0.15, -0.1) is 10.9 Å². The fraction of sp³-hybridized carbons (Fsp3) is 1.00. The van der Waals surface area contributed by atoms with Crippen molar-refractivity contribution < 1.29 is 10.2 Å². The topological polar surface area (TPSA) is 93.4 Å². The second-order valence-corrected chi connectivity index (χ2v) is 0.745. The van der Waals surface area contributed by atoms with Crippen molar-refractivity contribution in [1.29, 1.82) is 0 Å². The Morgan fingerprint density at radius 3 is 1.50 bits per heavy atom. The van der Waals surface area contributed by atoms with E-state index in [-0.39, 0.29) is 0 Å². The number of hydrogen-bond acceptors (Lipinski definition) is 4. The molecule has 0 atom stereocenters. The van der Waals surface area contributed by atoms with E-state index in [9.17, 15) is 0 Å². The molecule has 0 amide bonds. The first kappa shape index (κ1) is 7.12. The van der Waals surface area contributed by atoms with Crippen LogP contribution in [0.2, 0.25) is 0 Å². The monoisotopic (exact) mass is 118 g/mol. The molecule has 2 radical (unpaired) electrons. The first-order valence-corrected chi connectivity index (χ1v) is 1.86. The summed E-state index contributed by atoms with van der Waals surface area (Å²) >= 11 is 0. The van der Waals surface area contributed by atoms with Gasteiger partial charge in [0.2, 0.25) is 0 Å². The predicted molar refractivity (Wildman–Crippen MR) is 23.3 cm³/mol. The SMILES string of the molecule is OC[N]N=N[N]CO. The lowest BCUT2D eigenvalue weighted by molar-refractivity contribution is 0.236. The Hall–Kier alpha value is -0.880. The summed E-state index contributed by atoms with van der Waals surface area (Å²) in [5, 5.41) is 21.8. The van der Waals surface area contributed by atoms with E-state index in [0.29, 0.717) is 0 Å². The van der Waals surface area contributed by atoms with Crippen molar-refractivity contribution in [3.8, 4) is 0 Å². The largest absolute Gasteiger partial charge is 0.373 e. The van der Waals surface area contributed by atoms with Gasteiger partial charge in [-0.05, 0) is 10.4 Å². The Kier molecular flexibility index (Phi) is 5.45. The van der Waals surface area contributed by atoms with Gasteiger partial charge in [0.25, 0.3) is 0 Å². The van der Waals surface area contributed by atoms with E-state index in [4.69, 9.17) is 10.2 Å². The third-order valence-electron chi connectivity index (χ3n) is 0.293. The third kappa shape index (κ3) is 5.12. The highest BCUT2D eigenvalue weighted by Gasteiger charge is 1.73. The highest BCUT2D eigenvalue weighted by atomic mass is 16.3. The first-order chi connectivity index (χ1) is 3.91. The molecule has 0 saturated carbocycles. The maximum atomic E-state index is 7.94. The molecule has 0 aliphatic rings. The van der Waals surface area contributed by atoms with Crippen molar-refractivity contribution in [2.75, 3.05) is 13.5 Å². The molecule has 0 aromatic heterocycles. The average molecular weight is 118 g/mol. The lowest BCUT2D eigenvalue weighted by Crippen LogP contribution is -1.99. The van der Waals surface area contributed by atoms with Crippen LogP contribution in [0.1, 0.15) is 0 Å². The molecule has 46 valence electrons. The Labute approximate surface area is 46.2 Å². The number of aliphatic hydroxyl groups excluding tert-OH is 2. The smallest absolute Gasteiger partial charge is 0.157 e. The quantitative estimate of drug-likeness (QED) is 0.343. The molecule has 8 heavy (non-hydrogen) atoms. The summed E-state index contributed by atoms with van der Waals surface area (Å²) in [5.74, 6) is 0. The van der Waals surface area contributed by atoms with Crippen LogP contribution in [0.5, 0.6) is 0 Å². The highest BCUT2D eigenvalue weighted by Crippen LogP contribution is 1.64. The molecule has 0 saturated heterocycles. The van der Waals surface area contributed by atoms with Crippen LogP contribution >= 0.6 is 0 Å². The van der Waals surface area contributed by atoms with Gasteiger partial charge in [0.15, 0.2) is 13.5 Å². The van der Waals surface area contributed by atoms with Crippen molar-refractivity contribution in [3.05, 3.63) is 0 Å². The molecule has 0 heterocycles. The minimum absolute atomic E-state index is 0.412. The van der Waals surface area contributed by atoms with Crippen molar-refractivity contribution in [2.45, 2.75) is 0 Å². The summed E-state index contributed by atoms with van der Waals surface area (Å²) in [5.41, 5.74) is 6.04. The Morgan fingerprint density at radius 1 is 0.875 bits per heavy atom. The minimum Gasteiger partial charge on any atom is -0.373 e. The summed E-state index contributed by atoms with van der Waals surface area (Å²) in [6.45, 7) is -0.825. The van der Waals surface area contributed by atoms with Crippen molar-refractivity contribution in [3.63, 3.8) is 0 Å². The number of aliphatic hydroxyl groups is 2. The van der Waals surface area contributed by atoms with Crippen LogP contribution in [0.25, 0.3) is 0 Å². The molecule has 0 aromatic rings. The molecule has 0 unspecified atom stereocenters. The van der Waals surface area contributed by atoms with Crippen LogP contribution in [0.4, 0.5) is 0 Å². The lowest BCUT2D eigenvalue weighted by Gasteiger charge is -1.83. The molecule has 6 heteroatoms. The standard InChI is InChI=1S/C2H6N4O2/c7-1-3-5-6-4-2-8/h7-8H,1-2H2. The van der Waals surface area contributed by atoms with Gasteiger partial charge in [-0.25, -0.2) is 0 Å². The Balaban J connectivity index is 2.83. The molecular weight excluding hydrogens is 112 g/mol. The van der Waals surface area contributed by atoms with Gasteiger partial charge in [0.05, 0.1) is 0 Å². The first-order valence-electron chi connectivity index (χ1n) is 1.86. The van der Waals surface area contributed by atoms with E-state index < -0.39 is 13.5 Å². The molecule has 0 aliphatic heterocycles. The zero-order valence-corrected chi connectivity index (χ0v) is 4.10. The Bertz CT molecular complexity index is 57.1. The van der Waals surface area contributed by atoms with Gasteiger partial charge in [-0.1, -0.05) is 0 Å². The number of rotatable bonds is 4. The summed E-state index contributed by atoms with van der Waals surface area (Å²) in [6, 6.07) is 0. The van der Waals surface area contributed by atoms with E-state index in [1.54, 1.807) is 0 Å². The van der Waals surface area contributed by atoms with Crippen LogP contribution in [0.3, 0.4) is 0 Å². The molecule has 0 rings (SSSR count). The summed E-state index contributed by atoms with van der Waals surface area (Å²) in [6.07, 6.45) is 0. The summed E-state index contributed by atoms with van der Waals surface area (Å²) < 4.78 is 0. The summed E-state index contributed by atoms with van der Waals surface area (Å²) in [7, 11) is 0. The molecule has 2 N–H and O–H groups in total. The van der Waals surface area contributed by atoms with E-state index in [1.807, 2.05) is 0 Å². The second-order valence-electron chi connectivity index (χ2n) is 0.745. The lowest BCUT2D eigenvalue weighted by atomic mass is 11.3. The van der Waals surface area contributed by atoms with E-state index in [1.165, 1.54) is 0 Å². The van der Waals surface area contributed by atoms with E-state index in [0.717, 1.165) is 0 Å². The van der Waals surface area contributed by atoms with Gasteiger partial charge < -0.3 is 10.2 Å². The summed E-state index contributed by atoms with van der Waals surface area (Å²) in [4.78, 5) is 0. The van der Waals surface area contributed by atoms with Gasteiger partial charge >= 0.3 is 0 Å². The zero-order valence-electron chi connectivity index (χ0n) is 4.10. The van der Waals surface area contributed by atoms with Gasteiger partial charge in [-0.2, -0.15) is 0 Å². The zero-order chi connectivity index (χ0) is 6.24. The predicted octanol–water partition coefficient (Wildman–Crippen LogP) is -1.62. The van der Waals surface area contributed by atoms with Gasteiger partial charge in [0.1, 0.15) is 0 Å². The maximum absolute atomic E-state index is 7.94. The van der Waals surface area contributed by atoms with Crippen LogP contribution < -0.4 is 10.9 Å². The normalized spacial score (nSPS) is 9.75. The second kappa shape index (κ2) is 6.12. The molecule has 0 aromatic carbocycles. The molecule has 6 nitrogen and oxygen atoms in total. The molecule has 0 spiro atoms. The van der Waals surface area contributed by atoms with E-state index in [2.05, 4.69) is 21.3 Å². The maximum Gasteiger partial charge on any atom is 0.157 e. The Morgan fingerprint density at radius 2 is 1.25 bits per heavy atom. The van der Waals surface area contributed by atoms with Gasteiger partial charge in [-0.3, -0.25) is 0 Å². The third-order valence-corrected chi connectivity index (χ3v) is 0.293. The van der Waals surface area contributed by atoms with Crippen LogP contribution in [0, 0.1) is 0 Å². The highest BCUT2D eigenvalue weighted by molar-refractivity contribution is 4.11.